The van der Waals surface area contributed by atoms with Gasteiger partial charge in [0.05, 0.1) is 0 Å². The van der Waals surface area contributed by atoms with Gasteiger partial charge in [-0.3, -0.25) is 4.79 Å². The third-order valence-corrected chi connectivity index (χ3v) is 2.96. The normalized spacial score (nSPS) is 10.3. The molecule has 0 saturated carbocycles. The lowest BCUT2D eigenvalue weighted by Gasteiger charge is -2.07. The molecule has 0 aliphatic heterocycles. The average molecular weight is 291 g/mol. The molecule has 0 radical (unpaired) electrons. The molecule has 1 aromatic carbocycles. The number of carbonyl (C=O) groups excluding carboxylic acids is 1. The fourth-order valence-electron chi connectivity index (χ4n) is 1.69. The van der Waals surface area contributed by atoms with Crippen LogP contribution in [0.4, 0.5) is 5.82 Å². The van der Waals surface area contributed by atoms with E-state index in [2.05, 4.69) is 15.3 Å². The Morgan fingerprint density at radius 1 is 1.30 bits per heavy atom. The molecule has 1 heterocycles. The van der Waals surface area contributed by atoms with Gasteiger partial charge in [0.15, 0.2) is 0 Å². The largest absolute Gasteiger partial charge is 0.366 e. The maximum Gasteiger partial charge on any atom is 0.248 e. The lowest BCUT2D eigenvalue weighted by atomic mass is 10.1. The van der Waals surface area contributed by atoms with Crippen molar-refractivity contribution in [3.63, 3.8) is 0 Å². The Hall–Kier alpha value is -2.14. The third-order valence-electron chi connectivity index (χ3n) is 2.77. The number of nitrogens with one attached hydrogen (secondary N) is 1. The molecule has 20 heavy (non-hydrogen) atoms. The zero-order valence-electron chi connectivity index (χ0n) is 11.1. The van der Waals surface area contributed by atoms with Crippen LogP contribution in [0.25, 0.3) is 0 Å². The highest BCUT2D eigenvalue weighted by Gasteiger charge is 2.03. The second-order valence-corrected chi connectivity index (χ2v) is 4.65. The monoisotopic (exact) mass is 290 g/mol. The van der Waals surface area contributed by atoms with Gasteiger partial charge in [0, 0.05) is 24.6 Å². The van der Waals surface area contributed by atoms with Gasteiger partial charge in [-0.2, -0.15) is 0 Å². The van der Waals surface area contributed by atoms with Crippen molar-refractivity contribution in [2.24, 2.45) is 5.73 Å². The van der Waals surface area contributed by atoms with E-state index in [0.29, 0.717) is 28.9 Å². The van der Waals surface area contributed by atoms with Crippen LogP contribution in [0.1, 0.15) is 28.7 Å². The smallest absolute Gasteiger partial charge is 0.248 e. The van der Waals surface area contributed by atoms with E-state index in [0.717, 1.165) is 12.0 Å². The van der Waals surface area contributed by atoms with Crippen molar-refractivity contribution >= 4 is 23.3 Å². The summed E-state index contributed by atoms with van der Waals surface area (Å²) in [5, 5.41) is 3.59. The van der Waals surface area contributed by atoms with Gasteiger partial charge in [-0.25, -0.2) is 9.97 Å². The van der Waals surface area contributed by atoms with Gasteiger partial charge in [-0.1, -0.05) is 30.7 Å². The minimum Gasteiger partial charge on any atom is -0.366 e. The Morgan fingerprint density at radius 2 is 2.00 bits per heavy atom. The molecule has 0 saturated heterocycles. The van der Waals surface area contributed by atoms with Crippen LogP contribution >= 0.6 is 11.6 Å². The molecule has 0 bridgehead atoms. The maximum atomic E-state index is 11.0. The minimum absolute atomic E-state index is 0.420. The van der Waals surface area contributed by atoms with Gasteiger partial charge in [-0.05, 0) is 17.7 Å². The Balaban J connectivity index is 2.04. The SMILES string of the molecule is CCc1nc(Cl)cc(NCc2ccc(C(N)=O)cc2)n1. The number of hydrogen-bond acceptors (Lipinski definition) is 4. The summed E-state index contributed by atoms with van der Waals surface area (Å²) < 4.78 is 0. The van der Waals surface area contributed by atoms with Crippen LogP contribution in [0, 0.1) is 0 Å². The summed E-state index contributed by atoms with van der Waals surface area (Å²) in [4.78, 5) is 19.4. The predicted molar refractivity (Wildman–Crippen MR) is 78.7 cm³/mol. The molecule has 2 aromatic rings. The number of rotatable bonds is 5. The van der Waals surface area contributed by atoms with E-state index in [1.165, 1.54) is 0 Å². The molecule has 0 aliphatic rings. The zero-order chi connectivity index (χ0) is 14.5. The van der Waals surface area contributed by atoms with Crippen molar-refractivity contribution in [2.75, 3.05) is 5.32 Å². The number of aryl methyl sites for hydroxylation is 1. The summed E-state index contributed by atoms with van der Waals surface area (Å²) in [5.74, 6) is 0.949. The first-order valence-electron chi connectivity index (χ1n) is 6.24. The molecule has 0 atom stereocenters. The van der Waals surface area contributed by atoms with Crippen molar-refractivity contribution < 1.29 is 4.79 Å². The molecule has 2 rings (SSSR count). The first kappa shape index (κ1) is 14.3. The zero-order valence-corrected chi connectivity index (χ0v) is 11.8. The number of nitrogens with zero attached hydrogens (tertiary/aromatic N) is 2. The molecule has 0 fully saturated rings. The molecule has 1 aromatic heterocycles. The first-order chi connectivity index (χ1) is 9.58. The Morgan fingerprint density at radius 3 is 2.60 bits per heavy atom. The van der Waals surface area contributed by atoms with Crippen molar-refractivity contribution in [3.8, 4) is 0 Å². The molecular weight excluding hydrogens is 276 g/mol. The van der Waals surface area contributed by atoms with Crippen molar-refractivity contribution in [2.45, 2.75) is 19.9 Å². The molecule has 1 amide bonds. The highest BCUT2D eigenvalue weighted by Crippen LogP contribution is 2.13. The van der Waals surface area contributed by atoms with Gasteiger partial charge in [-0.15, -0.1) is 0 Å². The van der Waals surface area contributed by atoms with Crippen LogP contribution in [0.15, 0.2) is 30.3 Å². The number of anilines is 1. The second kappa shape index (κ2) is 6.34. The van der Waals surface area contributed by atoms with E-state index in [1.807, 2.05) is 19.1 Å². The summed E-state index contributed by atoms with van der Waals surface area (Å²) in [6.45, 7) is 2.55. The van der Waals surface area contributed by atoms with Crippen LogP contribution in [0.3, 0.4) is 0 Å². The molecular formula is C14H15ClN4O. The number of halogens is 1. The third kappa shape index (κ3) is 3.68. The van der Waals surface area contributed by atoms with E-state index in [4.69, 9.17) is 17.3 Å². The maximum absolute atomic E-state index is 11.0. The summed E-state index contributed by atoms with van der Waals surface area (Å²) in [7, 11) is 0. The summed E-state index contributed by atoms with van der Waals surface area (Å²) in [5.41, 5.74) is 6.70. The number of carbonyl (C=O) groups is 1. The number of hydrogen-bond donors (Lipinski definition) is 2. The van der Waals surface area contributed by atoms with Crippen LogP contribution < -0.4 is 11.1 Å². The molecule has 3 N–H and O–H groups in total. The van der Waals surface area contributed by atoms with E-state index in [-0.39, 0.29) is 0 Å². The van der Waals surface area contributed by atoms with E-state index < -0.39 is 5.91 Å². The van der Waals surface area contributed by atoms with E-state index >= 15 is 0 Å². The molecule has 6 heteroatoms. The van der Waals surface area contributed by atoms with Crippen molar-refractivity contribution in [1.29, 1.82) is 0 Å². The van der Waals surface area contributed by atoms with E-state index in [1.54, 1.807) is 18.2 Å². The van der Waals surface area contributed by atoms with Crippen LogP contribution in [0.2, 0.25) is 5.15 Å². The fourth-order valence-corrected chi connectivity index (χ4v) is 1.89. The Labute approximate surface area is 122 Å². The predicted octanol–water partition coefficient (Wildman–Crippen LogP) is 2.40. The summed E-state index contributed by atoms with van der Waals surface area (Å²) in [6, 6.07) is 8.76. The average Bonchev–Trinajstić information content (AvgIpc) is 2.45. The number of benzene rings is 1. The Bertz CT molecular complexity index is 613. The minimum atomic E-state index is -0.431. The summed E-state index contributed by atoms with van der Waals surface area (Å²) >= 11 is 5.92. The second-order valence-electron chi connectivity index (χ2n) is 4.26. The number of amides is 1. The molecule has 104 valence electrons. The van der Waals surface area contributed by atoms with Gasteiger partial charge in [0.1, 0.15) is 16.8 Å². The van der Waals surface area contributed by atoms with Gasteiger partial charge in [0.25, 0.3) is 0 Å². The lowest BCUT2D eigenvalue weighted by molar-refractivity contribution is 0.100. The molecule has 0 aliphatic carbocycles. The number of primary amides is 1. The highest BCUT2D eigenvalue weighted by molar-refractivity contribution is 6.29. The molecule has 5 nitrogen and oxygen atoms in total. The molecule has 0 unspecified atom stereocenters. The fraction of sp³-hybridized carbons (Fsp3) is 0.214. The Kier molecular flexibility index (Phi) is 4.53. The topological polar surface area (TPSA) is 80.9 Å². The van der Waals surface area contributed by atoms with Crippen molar-refractivity contribution in [3.05, 3.63) is 52.4 Å². The van der Waals surface area contributed by atoms with Gasteiger partial charge >= 0.3 is 0 Å². The van der Waals surface area contributed by atoms with Crippen molar-refractivity contribution in [1.82, 2.24) is 9.97 Å². The number of nitrogens with two attached hydrogens (primary N) is 1. The van der Waals surface area contributed by atoms with Gasteiger partial charge in [0.2, 0.25) is 5.91 Å². The quantitative estimate of drug-likeness (QED) is 0.829. The first-order valence-corrected chi connectivity index (χ1v) is 6.62. The van der Waals surface area contributed by atoms with Crippen LogP contribution in [-0.4, -0.2) is 15.9 Å². The van der Waals surface area contributed by atoms with Crippen LogP contribution in [-0.2, 0) is 13.0 Å². The van der Waals surface area contributed by atoms with Crippen LogP contribution in [0.5, 0.6) is 0 Å². The standard InChI is InChI=1S/C14H15ClN4O/c1-2-12-18-11(15)7-13(19-12)17-8-9-3-5-10(6-4-9)14(16)20/h3-7H,2,8H2,1H3,(H2,16,20)(H,17,18,19). The lowest BCUT2D eigenvalue weighted by Crippen LogP contribution is -2.11. The number of aromatic nitrogens is 2. The van der Waals surface area contributed by atoms with E-state index in [9.17, 15) is 4.79 Å². The highest BCUT2D eigenvalue weighted by atomic mass is 35.5. The summed E-state index contributed by atoms with van der Waals surface area (Å²) in [6.07, 6.45) is 0.725. The molecule has 0 spiro atoms. The van der Waals surface area contributed by atoms with Gasteiger partial charge < -0.3 is 11.1 Å².